The Bertz CT molecular complexity index is 485. The molecule has 1 atom stereocenters. The summed E-state index contributed by atoms with van der Waals surface area (Å²) in [5.74, 6) is -0.262. The van der Waals surface area contributed by atoms with Crippen LogP contribution in [0.15, 0.2) is 24.3 Å². The average Bonchev–Trinajstić information content (AvgIpc) is 2.50. The van der Waals surface area contributed by atoms with Crippen LogP contribution in [-0.2, 0) is 19.0 Å². The van der Waals surface area contributed by atoms with E-state index in [1.165, 1.54) is 0 Å². The number of rotatable bonds is 9. The van der Waals surface area contributed by atoms with Gasteiger partial charge in [-0.2, -0.15) is 5.26 Å². The van der Waals surface area contributed by atoms with Crippen LogP contribution in [0.5, 0.6) is 0 Å². The van der Waals surface area contributed by atoms with Crippen molar-refractivity contribution in [3.8, 4) is 6.07 Å². The summed E-state index contributed by atoms with van der Waals surface area (Å²) in [7, 11) is 1.60. The maximum Gasteiger partial charge on any atom is 0.253 e. The molecule has 0 aliphatic rings. The first-order chi connectivity index (χ1) is 10.2. The van der Waals surface area contributed by atoms with Gasteiger partial charge in [-0.15, -0.1) is 0 Å². The lowest BCUT2D eigenvalue weighted by atomic mass is 10.2. The highest BCUT2D eigenvalue weighted by atomic mass is 16.5. The molecule has 0 aliphatic heterocycles. The van der Waals surface area contributed by atoms with Crippen LogP contribution in [0.2, 0.25) is 0 Å². The summed E-state index contributed by atoms with van der Waals surface area (Å²) in [5.41, 5.74) is 1.07. The lowest BCUT2D eigenvalue weighted by molar-refractivity contribution is -0.127. The first-order valence-corrected chi connectivity index (χ1v) is 6.66. The van der Waals surface area contributed by atoms with Gasteiger partial charge in [0.05, 0.1) is 38.1 Å². The number of methoxy groups -OCH3 is 1. The third-order valence-electron chi connectivity index (χ3n) is 2.66. The maximum absolute atomic E-state index is 11.9. The van der Waals surface area contributed by atoms with Crippen molar-refractivity contribution in [1.82, 2.24) is 0 Å². The molecule has 0 bridgehead atoms. The van der Waals surface area contributed by atoms with Gasteiger partial charge >= 0.3 is 0 Å². The number of ether oxygens (including phenoxy) is 3. The summed E-state index contributed by atoms with van der Waals surface area (Å²) in [5, 5.41) is 11.5. The molecule has 0 saturated heterocycles. The highest BCUT2D eigenvalue weighted by molar-refractivity contribution is 5.94. The van der Waals surface area contributed by atoms with E-state index in [2.05, 4.69) is 5.32 Å². The van der Waals surface area contributed by atoms with Gasteiger partial charge in [0.15, 0.2) is 0 Å². The molecule has 1 rings (SSSR count). The summed E-state index contributed by atoms with van der Waals surface area (Å²) in [6.45, 7) is 3.44. The van der Waals surface area contributed by atoms with E-state index in [0.29, 0.717) is 37.7 Å². The third-order valence-corrected chi connectivity index (χ3v) is 2.66. The Balaban J connectivity index is 2.29. The molecule has 0 spiro atoms. The Morgan fingerprint density at radius 2 is 2.10 bits per heavy atom. The molecule has 0 aromatic heterocycles. The van der Waals surface area contributed by atoms with Crippen LogP contribution in [-0.4, -0.2) is 45.5 Å². The number of anilines is 1. The van der Waals surface area contributed by atoms with Crippen LogP contribution in [0, 0.1) is 11.3 Å². The largest absolute Gasteiger partial charge is 0.382 e. The fraction of sp³-hybridized carbons (Fsp3) is 0.467. The molecule has 1 aromatic carbocycles. The standard InChI is InChI=1S/C15H20N2O4/c1-12(21-9-8-20-7-6-19-2)15(18)17-14-5-3-4-13(10-14)11-16/h3-5,10,12H,6-9H2,1-2H3,(H,17,18). The number of carbonyl (C=O) groups is 1. The molecule has 6 nitrogen and oxygen atoms in total. The van der Waals surface area contributed by atoms with Crippen molar-refractivity contribution in [2.45, 2.75) is 13.0 Å². The number of hydrogen-bond acceptors (Lipinski definition) is 5. The van der Waals surface area contributed by atoms with E-state index in [1.54, 1.807) is 38.3 Å². The van der Waals surface area contributed by atoms with Crippen molar-refractivity contribution < 1.29 is 19.0 Å². The average molecular weight is 292 g/mol. The van der Waals surface area contributed by atoms with Crippen molar-refractivity contribution in [3.63, 3.8) is 0 Å². The predicted molar refractivity (Wildman–Crippen MR) is 77.9 cm³/mol. The van der Waals surface area contributed by atoms with Crippen molar-refractivity contribution in [3.05, 3.63) is 29.8 Å². The Hall–Kier alpha value is -1.94. The fourth-order valence-electron chi connectivity index (χ4n) is 1.51. The first-order valence-electron chi connectivity index (χ1n) is 6.66. The molecule has 1 unspecified atom stereocenters. The summed E-state index contributed by atoms with van der Waals surface area (Å²) in [6.07, 6.45) is -0.596. The Kier molecular flexibility index (Phi) is 8.05. The van der Waals surface area contributed by atoms with Crippen molar-refractivity contribution >= 4 is 11.6 Å². The van der Waals surface area contributed by atoms with Crippen LogP contribution < -0.4 is 5.32 Å². The maximum atomic E-state index is 11.9. The van der Waals surface area contributed by atoms with Gasteiger partial charge in [-0.1, -0.05) is 6.07 Å². The zero-order valence-corrected chi connectivity index (χ0v) is 12.3. The SMILES string of the molecule is COCCOCCOC(C)C(=O)Nc1cccc(C#N)c1. The molecular formula is C15H20N2O4. The summed E-state index contributed by atoms with van der Waals surface area (Å²) < 4.78 is 15.4. The van der Waals surface area contributed by atoms with Gasteiger partial charge in [0.1, 0.15) is 6.10 Å². The normalized spacial score (nSPS) is 11.7. The second-order valence-electron chi connectivity index (χ2n) is 4.30. The molecule has 1 N–H and O–H groups in total. The number of nitrogens with one attached hydrogen (secondary N) is 1. The smallest absolute Gasteiger partial charge is 0.253 e. The van der Waals surface area contributed by atoms with Gasteiger partial charge in [0.25, 0.3) is 5.91 Å². The van der Waals surface area contributed by atoms with Crippen LogP contribution >= 0.6 is 0 Å². The highest BCUT2D eigenvalue weighted by Crippen LogP contribution is 2.10. The van der Waals surface area contributed by atoms with Gasteiger partial charge in [-0.25, -0.2) is 0 Å². The molecule has 1 aromatic rings. The summed E-state index contributed by atoms with van der Waals surface area (Å²) in [6, 6.07) is 8.74. The van der Waals surface area contributed by atoms with Gasteiger partial charge in [-0.3, -0.25) is 4.79 Å². The molecular weight excluding hydrogens is 272 g/mol. The second-order valence-corrected chi connectivity index (χ2v) is 4.30. The monoisotopic (exact) mass is 292 g/mol. The molecule has 6 heteroatoms. The molecule has 0 fully saturated rings. The van der Waals surface area contributed by atoms with Crippen LogP contribution in [0.1, 0.15) is 12.5 Å². The van der Waals surface area contributed by atoms with Crippen LogP contribution in [0.3, 0.4) is 0 Å². The molecule has 0 radical (unpaired) electrons. The number of amides is 1. The molecule has 0 heterocycles. The van der Waals surface area contributed by atoms with E-state index in [9.17, 15) is 4.79 Å². The number of hydrogen-bond donors (Lipinski definition) is 1. The van der Waals surface area contributed by atoms with E-state index >= 15 is 0 Å². The number of nitriles is 1. The van der Waals surface area contributed by atoms with Crippen LogP contribution in [0.25, 0.3) is 0 Å². The predicted octanol–water partition coefficient (Wildman–Crippen LogP) is 1.56. The minimum atomic E-state index is -0.596. The highest BCUT2D eigenvalue weighted by Gasteiger charge is 2.13. The zero-order valence-electron chi connectivity index (χ0n) is 12.3. The van der Waals surface area contributed by atoms with Crippen LogP contribution in [0.4, 0.5) is 5.69 Å². The number of benzene rings is 1. The minimum absolute atomic E-state index is 0.262. The van der Waals surface area contributed by atoms with Gasteiger partial charge in [-0.05, 0) is 25.1 Å². The molecule has 21 heavy (non-hydrogen) atoms. The van der Waals surface area contributed by atoms with Gasteiger partial charge in [0, 0.05) is 12.8 Å². The Morgan fingerprint density at radius 1 is 1.33 bits per heavy atom. The number of carbonyl (C=O) groups excluding carboxylic acids is 1. The van der Waals surface area contributed by atoms with Gasteiger partial charge in [0.2, 0.25) is 0 Å². The van der Waals surface area contributed by atoms with Crippen molar-refractivity contribution in [2.75, 3.05) is 38.9 Å². The quantitative estimate of drug-likeness (QED) is 0.699. The van der Waals surface area contributed by atoms with Crippen molar-refractivity contribution in [2.24, 2.45) is 0 Å². The second kappa shape index (κ2) is 9.88. The summed E-state index contributed by atoms with van der Waals surface area (Å²) in [4.78, 5) is 11.9. The summed E-state index contributed by atoms with van der Waals surface area (Å²) >= 11 is 0. The van der Waals surface area contributed by atoms with E-state index in [-0.39, 0.29) is 5.91 Å². The molecule has 0 saturated carbocycles. The zero-order chi connectivity index (χ0) is 15.5. The molecule has 1 amide bonds. The lowest BCUT2D eigenvalue weighted by Gasteiger charge is -2.13. The minimum Gasteiger partial charge on any atom is -0.382 e. The van der Waals surface area contributed by atoms with Gasteiger partial charge < -0.3 is 19.5 Å². The lowest BCUT2D eigenvalue weighted by Crippen LogP contribution is -2.29. The molecule has 114 valence electrons. The fourth-order valence-corrected chi connectivity index (χ4v) is 1.51. The van der Waals surface area contributed by atoms with E-state index in [1.807, 2.05) is 6.07 Å². The Morgan fingerprint density at radius 3 is 2.81 bits per heavy atom. The molecule has 0 aliphatic carbocycles. The van der Waals surface area contributed by atoms with E-state index in [4.69, 9.17) is 19.5 Å². The van der Waals surface area contributed by atoms with E-state index < -0.39 is 6.10 Å². The third kappa shape index (κ3) is 6.86. The first kappa shape index (κ1) is 17.1. The van der Waals surface area contributed by atoms with E-state index in [0.717, 1.165) is 0 Å². The topological polar surface area (TPSA) is 80.6 Å². The number of nitrogens with zero attached hydrogens (tertiary/aromatic N) is 1. The Labute approximate surface area is 124 Å². The van der Waals surface area contributed by atoms with Crippen molar-refractivity contribution in [1.29, 1.82) is 5.26 Å².